The molecule has 1 aromatic carbocycles. The first-order valence-corrected chi connectivity index (χ1v) is 6.57. The fraction of sp³-hybridized carbons (Fsp3) is 0.214. The Labute approximate surface area is 109 Å². The summed E-state index contributed by atoms with van der Waals surface area (Å²) in [5.74, 6) is -0.338. The molecule has 3 rings (SSSR count). The number of rotatable bonds is 3. The fourth-order valence-corrected chi connectivity index (χ4v) is 2.91. The van der Waals surface area contributed by atoms with Crippen LogP contribution in [-0.2, 0) is 19.9 Å². The van der Waals surface area contributed by atoms with Crippen LogP contribution in [-0.4, -0.2) is 13.1 Å². The van der Waals surface area contributed by atoms with Crippen LogP contribution in [0, 0.1) is 0 Å². The molecule has 3 nitrogen and oxygen atoms in total. The second-order valence-corrected chi connectivity index (χ2v) is 4.93. The molecule has 1 fully saturated rings. The van der Waals surface area contributed by atoms with E-state index in [0.29, 0.717) is 0 Å². The minimum Gasteiger partial charge on any atom is -0.467 e. The van der Waals surface area contributed by atoms with E-state index in [4.69, 9.17) is 9.47 Å². The number of ether oxygens (including phenoxy) is 2. The SMILES string of the molecule is COC(=O)[C@]1(c2ccsc2)O[C@@H]1c1ccccc1. The molecule has 18 heavy (non-hydrogen) atoms. The molecule has 0 saturated carbocycles. The maximum absolute atomic E-state index is 12.0. The quantitative estimate of drug-likeness (QED) is 0.629. The van der Waals surface area contributed by atoms with Gasteiger partial charge in [0.05, 0.1) is 7.11 Å². The monoisotopic (exact) mass is 260 g/mol. The number of benzene rings is 1. The van der Waals surface area contributed by atoms with Crippen LogP contribution in [0.3, 0.4) is 0 Å². The van der Waals surface area contributed by atoms with Gasteiger partial charge >= 0.3 is 5.97 Å². The number of carbonyl (C=O) groups is 1. The van der Waals surface area contributed by atoms with E-state index in [1.165, 1.54) is 7.11 Å². The Morgan fingerprint density at radius 3 is 2.72 bits per heavy atom. The number of hydrogen-bond donors (Lipinski definition) is 0. The summed E-state index contributed by atoms with van der Waals surface area (Å²) in [5.41, 5.74) is 0.915. The summed E-state index contributed by atoms with van der Waals surface area (Å²) in [6, 6.07) is 11.6. The Kier molecular flexibility index (Phi) is 2.69. The Bertz CT molecular complexity index is 550. The van der Waals surface area contributed by atoms with Crippen molar-refractivity contribution in [3.8, 4) is 0 Å². The third kappa shape index (κ3) is 1.57. The van der Waals surface area contributed by atoms with E-state index >= 15 is 0 Å². The number of hydrogen-bond acceptors (Lipinski definition) is 4. The van der Waals surface area contributed by atoms with Crippen LogP contribution in [0.1, 0.15) is 17.2 Å². The van der Waals surface area contributed by atoms with Crippen LogP contribution in [0.5, 0.6) is 0 Å². The van der Waals surface area contributed by atoms with Crippen LogP contribution in [0.2, 0.25) is 0 Å². The molecule has 0 radical (unpaired) electrons. The lowest BCUT2D eigenvalue weighted by Crippen LogP contribution is -2.24. The molecule has 0 unspecified atom stereocenters. The van der Waals surface area contributed by atoms with Gasteiger partial charge < -0.3 is 9.47 Å². The summed E-state index contributed by atoms with van der Waals surface area (Å²) in [7, 11) is 1.39. The lowest BCUT2D eigenvalue weighted by atomic mass is 9.94. The number of thiophene rings is 1. The zero-order valence-corrected chi connectivity index (χ0v) is 10.6. The van der Waals surface area contributed by atoms with Gasteiger partial charge in [-0.15, -0.1) is 0 Å². The van der Waals surface area contributed by atoms with Crippen LogP contribution in [0.4, 0.5) is 0 Å². The number of esters is 1. The maximum Gasteiger partial charge on any atom is 0.346 e. The van der Waals surface area contributed by atoms with Gasteiger partial charge in [0.2, 0.25) is 5.60 Å². The lowest BCUT2D eigenvalue weighted by Gasteiger charge is -2.08. The molecule has 1 aromatic heterocycles. The summed E-state index contributed by atoms with van der Waals surface area (Å²) in [5, 5.41) is 3.86. The van der Waals surface area contributed by atoms with Crippen molar-refractivity contribution in [2.24, 2.45) is 0 Å². The van der Waals surface area contributed by atoms with Crippen molar-refractivity contribution < 1.29 is 14.3 Å². The molecule has 0 bridgehead atoms. The van der Waals surface area contributed by atoms with E-state index in [1.807, 2.05) is 47.2 Å². The third-order valence-corrected chi connectivity index (χ3v) is 3.84. The highest BCUT2D eigenvalue weighted by Gasteiger charge is 2.65. The molecule has 2 heterocycles. The molecule has 2 atom stereocenters. The predicted octanol–water partition coefficient (Wildman–Crippen LogP) is 2.89. The van der Waals surface area contributed by atoms with Gasteiger partial charge in [-0.2, -0.15) is 11.3 Å². The first-order valence-electron chi connectivity index (χ1n) is 5.63. The Morgan fingerprint density at radius 1 is 1.33 bits per heavy atom. The van der Waals surface area contributed by atoms with Crippen LogP contribution in [0.25, 0.3) is 0 Å². The van der Waals surface area contributed by atoms with Crippen molar-refractivity contribution in [2.45, 2.75) is 11.7 Å². The van der Waals surface area contributed by atoms with Gasteiger partial charge in [0.1, 0.15) is 6.10 Å². The molecule has 0 spiro atoms. The molecule has 4 heteroatoms. The summed E-state index contributed by atoms with van der Waals surface area (Å²) < 4.78 is 10.6. The molecule has 1 saturated heterocycles. The molecule has 1 aliphatic rings. The number of carbonyl (C=O) groups excluding carboxylic acids is 1. The average molecular weight is 260 g/mol. The summed E-state index contributed by atoms with van der Waals surface area (Å²) in [6.45, 7) is 0. The normalized spacial score (nSPS) is 25.7. The van der Waals surface area contributed by atoms with E-state index in [9.17, 15) is 4.79 Å². The topological polar surface area (TPSA) is 38.8 Å². The second-order valence-electron chi connectivity index (χ2n) is 4.15. The van der Waals surface area contributed by atoms with Crippen LogP contribution in [0.15, 0.2) is 47.2 Å². The van der Waals surface area contributed by atoms with E-state index in [2.05, 4.69) is 0 Å². The van der Waals surface area contributed by atoms with Crippen LogP contribution < -0.4 is 0 Å². The van der Waals surface area contributed by atoms with E-state index in [-0.39, 0.29) is 12.1 Å². The molecular weight excluding hydrogens is 248 g/mol. The van der Waals surface area contributed by atoms with Gasteiger partial charge in [-0.3, -0.25) is 0 Å². The lowest BCUT2D eigenvalue weighted by molar-refractivity contribution is -0.147. The minimum atomic E-state index is -0.948. The highest BCUT2D eigenvalue weighted by atomic mass is 32.1. The van der Waals surface area contributed by atoms with Crippen molar-refractivity contribution in [1.82, 2.24) is 0 Å². The Balaban J connectivity index is 1.99. The van der Waals surface area contributed by atoms with E-state index < -0.39 is 5.60 Å². The molecule has 92 valence electrons. The van der Waals surface area contributed by atoms with Gasteiger partial charge in [-0.25, -0.2) is 4.79 Å². The Hall–Kier alpha value is -1.65. The first-order chi connectivity index (χ1) is 8.79. The molecule has 1 aliphatic heterocycles. The number of epoxide rings is 1. The van der Waals surface area contributed by atoms with Gasteiger partial charge in [-0.05, 0) is 22.4 Å². The Morgan fingerprint density at radius 2 is 2.11 bits per heavy atom. The molecule has 0 amide bonds. The molecule has 0 aliphatic carbocycles. The first kappa shape index (κ1) is 11.4. The molecule has 0 N–H and O–H groups in total. The largest absolute Gasteiger partial charge is 0.467 e. The highest BCUT2D eigenvalue weighted by molar-refractivity contribution is 7.08. The third-order valence-electron chi connectivity index (χ3n) is 3.16. The van der Waals surface area contributed by atoms with Crippen molar-refractivity contribution >= 4 is 17.3 Å². The molecule has 2 aromatic rings. The number of methoxy groups -OCH3 is 1. The zero-order valence-electron chi connectivity index (χ0n) is 9.83. The second kappa shape index (κ2) is 4.23. The van der Waals surface area contributed by atoms with Gasteiger partial charge in [0.25, 0.3) is 0 Å². The summed E-state index contributed by atoms with van der Waals surface area (Å²) >= 11 is 1.54. The van der Waals surface area contributed by atoms with Crippen molar-refractivity contribution in [1.29, 1.82) is 0 Å². The highest BCUT2D eigenvalue weighted by Crippen LogP contribution is 2.58. The summed E-state index contributed by atoms with van der Waals surface area (Å²) in [6.07, 6.45) is -0.249. The van der Waals surface area contributed by atoms with E-state index in [1.54, 1.807) is 11.3 Å². The van der Waals surface area contributed by atoms with Gasteiger partial charge in [0, 0.05) is 5.56 Å². The average Bonchev–Trinajstić information content (AvgIpc) is 2.95. The summed E-state index contributed by atoms with van der Waals surface area (Å²) in [4.78, 5) is 12.0. The van der Waals surface area contributed by atoms with Crippen molar-refractivity contribution in [2.75, 3.05) is 7.11 Å². The van der Waals surface area contributed by atoms with Gasteiger partial charge in [0.15, 0.2) is 0 Å². The minimum absolute atomic E-state index is 0.249. The zero-order chi connectivity index (χ0) is 12.6. The van der Waals surface area contributed by atoms with Crippen LogP contribution >= 0.6 is 11.3 Å². The standard InChI is InChI=1S/C14H12O3S/c1-16-13(15)14(11-7-8-18-9-11)12(17-14)10-5-3-2-4-6-10/h2-9,12H,1H3/t12-,14-/m1/s1. The van der Waals surface area contributed by atoms with Crippen molar-refractivity contribution in [3.63, 3.8) is 0 Å². The molecular formula is C14H12O3S. The van der Waals surface area contributed by atoms with E-state index in [0.717, 1.165) is 11.1 Å². The maximum atomic E-state index is 12.0. The van der Waals surface area contributed by atoms with Gasteiger partial charge in [-0.1, -0.05) is 30.3 Å². The van der Waals surface area contributed by atoms with Crippen molar-refractivity contribution in [3.05, 3.63) is 58.3 Å². The smallest absolute Gasteiger partial charge is 0.346 e. The fourth-order valence-electron chi connectivity index (χ4n) is 2.20. The predicted molar refractivity (Wildman–Crippen MR) is 68.3 cm³/mol.